The molecule has 3 rings (SSSR count). The number of benzene rings is 1. The number of carbonyl (C=O) groups is 1. The van der Waals surface area contributed by atoms with Crippen molar-refractivity contribution in [2.24, 2.45) is 0 Å². The molecule has 0 saturated heterocycles. The predicted molar refractivity (Wildman–Crippen MR) is 75.0 cm³/mol. The first-order valence-electron chi connectivity index (χ1n) is 6.43. The van der Waals surface area contributed by atoms with E-state index in [0.29, 0.717) is 5.75 Å². The summed E-state index contributed by atoms with van der Waals surface area (Å²) in [6.07, 6.45) is 0. The lowest BCUT2D eigenvalue weighted by Crippen LogP contribution is -2.29. The Kier molecular flexibility index (Phi) is 3.63. The third-order valence-electron chi connectivity index (χ3n) is 3.23. The van der Waals surface area contributed by atoms with Gasteiger partial charge >= 0.3 is 5.97 Å². The van der Waals surface area contributed by atoms with Crippen LogP contribution >= 0.6 is 0 Å². The van der Waals surface area contributed by atoms with Crippen LogP contribution in [0.2, 0.25) is 0 Å². The fraction of sp³-hybridized carbons (Fsp3) is 0.214. The monoisotopic (exact) mass is 323 g/mol. The molecule has 2 heterocycles. The number of ether oxygens (including phenoxy) is 2. The van der Waals surface area contributed by atoms with Crippen molar-refractivity contribution in [2.75, 3.05) is 13.7 Å². The molecule has 0 bridgehead atoms. The number of rotatable bonds is 4. The van der Waals surface area contributed by atoms with Crippen LogP contribution in [0.5, 0.6) is 5.75 Å². The minimum Gasteiger partial charge on any atom is -0.491 e. The lowest BCUT2D eigenvalue weighted by atomic mass is 10.1. The summed E-state index contributed by atoms with van der Waals surface area (Å²) in [6, 6.07) is 9.12. The molecule has 0 spiro atoms. The lowest BCUT2D eigenvalue weighted by Gasteiger charge is -2.10. The molecule has 0 fully saturated rings. The van der Waals surface area contributed by atoms with E-state index in [4.69, 9.17) is 9.15 Å². The average molecular weight is 323 g/mol. The van der Waals surface area contributed by atoms with Crippen LogP contribution in [-0.4, -0.2) is 28.1 Å². The molecule has 0 aliphatic carbocycles. The SMILES string of the molecule is COC(=O)c1ccc(S(=O)(=O)N[C@H]2COc3ccccc32)o1. The molecule has 8 heteroatoms. The van der Waals surface area contributed by atoms with Crippen molar-refractivity contribution in [2.45, 2.75) is 11.1 Å². The number of carbonyl (C=O) groups excluding carboxylic acids is 1. The highest BCUT2D eigenvalue weighted by molar-refractivity contribution is 7.89. The highest BCUT2D eigenvalue weighted by atomic mass is 32.2. The van der Waals surface area contributed by atoms with Gasteiger partial charge in [-0.2, -0.15) is 4.72 Å². The van der Waals surface area contributed by atoms with Crippen LogP contribution in [0.25, 0.3) is 0 Å². The highest BCUT2D eigenvalue weighted by Crippen LogP contribution is 2.32. The highest BCUT2D eigenvalue weighted by Gasteiger charge is 2.30. The van der Waals surface area contributed by atoms with E-state index in [-0.39, 0.29) is 17.5 Å². The van der Waals surface area contributed by atoms with Crippen LogP contribution < -0.4 is 9.46 Å². The molecule has 1 aromatic carbocycles. The minimum absolute atomic E-state index is 0.175. The molecule has 1 aliphatic heterocycles. The summed E-state index contributed by atoms with van der Waals surface area (Å²) >= 11 is 0. The fourth-order valence-electron chi connectivity index (χ4n) is 2.18. The van der Waals surface area contributed by atoms with E-state index in [2.05, 4.69) is 9.46 Å². The van der Waals surface area contributed by atoms with E-state index in [9.17, 15) is 13.2 Å². The molecule has 22 heavy (non-hydrogen) atoms. The Labute approximate surface area is 126 Å². The summed E-state index contributed by atoms with van der Waals surface area (Å²) in [7, 11) is -2.73. The third kappa shape index (κ3) is 2.58. The molecule has 0 unspecified atom stereocenters. The second-order valence-electron chi connectivity index (χ2n) is 4.63. The molecule has 0 saturated carbocycles. The number of esters is 1. The van der Waals surface area contributed by atoms with Gasteiger partial charge in [-0.3, -0.25) is 0 Å². The molecule has 1 aromatic heterocycles. The second-order valence-corrected chi connectivity index (χ2v) is 6.28. The van der Waals surface area contributed by atoms with Gasteiger partial charge in [-0.15, -0.1) is 0 Å². The average Bonchev–Trinajstić information content (AvgIpc) is 3.14. The Bertz CT molecular complexity index is 810. The number of hydrogen-bond acceptors (Lipinski definition) is 6. The minimum atomic E-state index is -3.91. The number of fused-ring (bicyclic) bond motifs is 1. The van der Waals surface area contributed by atoms with Crippen LogP contribution in [0.4, 0.5) is 0 Å². The van der Waals surface area contributed by atoms with Gasteiger partial charge in [0.05, 0.1) is 13.2 Å². The molecule has 0 radical (unpaired) electrons. The Morgan fingerprint density at radius 1 is 1.27 bits per heavy atom. The molecule has 0 amide bonds. The van der Waals surface area contributed by atoms with E-state index in [1.165, 1.54) is 19.2 Å². The zero-order valence-corrected chi connectivity index (χ0v) is 12.4. The first kappa shape index (κ1) is 14.6. The van der Waals surface area contributed by atoms with Gasteiger partial charge in [-0.25, -0.2) is 13.2 Å². The maximum atomic E-state index is 12.3. The van der Waals surface area contributed by atoms with Gasteiger partial charge in [0, 0.05) is 5.56 Å². The maximum Gasteiger partial charge on any atom is 0.374 e. The van der Waals surface area contributed by atoms with Gasteiger partial charge in [0.2, 0.25) is 10.9 Å². The molecule has 1 N–H and O–H groups in total. The molecule has 1 atom stereocenters. The third-order valence-corrected chi connectivity index (χ3v) is 4.57. The first-order valence-corrected chi connectivity index (χ1v) is 7.92. The fourth-order valence-corrected chi connectivity index (χ4v) is 3.31. The standard InChI is InChI=1S/C14H13NO6S/c1-19-14(16)12-6-7-13(21-12)22(17,18)15-10-8-20-11-5-3-2-4-9(10)11/h2-7,10,15H,8H2,1H3/t10-/m0/s1. The number of methoxy groups -OCH3 is 1. The van der Waals surface area contributed by atoms with Gasteiger partial charge in [0.25, 0.3) is 10.0 Å². The van der Waals surface area contributed by atoms with Crippen LogP contribution in [0.15, 0.2) is 45.9 Å². The maximum absolute atomic E-state index is 12.3. The molecule has 2 aromatic rings. The summed E-state index contributed by atoms with van der Waals surface area (Å²) in [5.74, 6) is -0.271. The molecular formula is C14H13NO6S. The van der Waals surface area contributed by atoms with Crippen molar-refractivity contribution >= 4 is 16.0 Å². The van der Waals surface area contributed by atoms with E-state index in [1.54, 1.807) is 18.2 Å². The Morgan fingerprint density at radius 2 is 2.05 bits per heavy atom. The van der Waals surface area contributed by atoms with Gasteiger partial charge in [0.1, 0.15) is 12.4 Å². The summed E-state index contributed by atoms with van der Waals surface area (Å²) in [5.41, 5.74) is 0.755. The van der Waals surface area contributed by atoms with E-state index < -0.39 is 22.0 Å². The zero-order chi connectivity index (χ0) is 15.7. The quantitative estimate of drug-likeness (QED) is 0.856. The van der Waals surface area contributed by atoms with Crippen molar-refractivity contribution in [1.29, 1.82) is 0 Å². The van der Waals surface area contributed by atoms with Crippen molar-refractivity contribution in [3.8, 4) is 5.75 Å². The normalized spacial score (nSPS) is 16.9. The predicted octanol–water partition coefficient (Wildman–Crippen LogP) is 1.48. The lowest BCUT2D eigenvalue weighted by molar-refractivity contribution is 0.0559. The number of nitrogens with one attached hydrogen (secondary N) is 1. The van der Waals surface area contributed by atoms with E-state index in [0.717, 1.165) is 5.56 Å². The first-order chi connectivity index (χ1) is 10.5. The number of sulfonamides is 1. The molecule has 7 nitrogen and oxygen atoms in total. The topological polar surface area (TPSA) is 94.8 Å². The Balaban J connectivity index is 1.83. The summed E-state index contributed by atoms with van der Waals surface area (Å²) < 4.78 is 42.0. The van der Waals surface area contributed by atoms with E-state index >= 15 is 0 Å². The van der Waals surface area contributed by atoms with Crippen LogP contribution in [-0.2, 0) is 14.8 Å². The Hall–Kier alpha value is -2.32. The van der Waals surface area contributed by atoms with Crippen molar-refractivity contribution in [3.05, 3.63) is 47.7 Å². The second kappa shape index (κ2) is 5.47. The van der Waals surface area contributed by atoms with Crippen molar-refractivity contribution in [3.63, 3.8) is 0 Å². The molecule has 116 valence electrons. The van der Waals surface area contributed by atoms with Gasteiger partial charge < -0.3 is 13.9 Å². The number of furan rings is 1. The Morgan fingerprint density at radius 3 is 2.82 bits per heavy atom. The van der Waals surface area contributed by atoms with Gasteiger partial charge in [-0.05, 0) is 18.2 Å². The van der Waals surface area contributed by atoms with Crippen molar-refractivity contribution in [1.82, 2.24) is 4.72 Å². The summed E-state index contributed by atoms with van der Waals surface area (Å²) in [5, 5.41) is -0.350. The van der Waals surface area contributed by atoms with Crippen LogP contribution in [0.3, 0.4) is 0 Å². The largest absolute Gasteiger partial charge is 0.491 e. The van der Waals surface area contributed by atoms with Gasteiger partial charge in [0.15, 0.2) is 0 Å². The van der Waals surface area contributed by atoms with E-state index in [1.807, 2.05) is 6.07 Å². The summed E-state index contributed by atoms with van der Waals surface area (Å²) in [4.78, 5) is 11.3. The number of para-hydroxylation sites is 1. The number of hydrogen-bond donors (Lipinski definition) is 1. The van der Waals surface area contributed by atoms with Crippen molar-refractivity contribution < 1.29 is 27.1 Å². The van der Waals surface area contributed by atoms with Gasteiger partial charge in [-0.1, -0.05) is 18.2 Å². The molecular weight excluding hydrogens is 310 g/mol. The molecule has 1 aliphatic rings. The zero-order valence-electron chi connectivity index (χ0n) is 11.6. The van der Waals surface area contributed by atoms with Crippen LogP contribution in [0.1, 0.15) is 22.2 Å². The van der Waals surface area contributed by atoms with Crippen LogP contribution in [0, 0.1) is 0 Å². The smallest absolute Gasteiger partial charge is 0.374 e. The summed E-state index contributed by atoms with van der Waals surface area (Å²) in [6.45, 7) is 0.198.